The molecule has 2 saturated carbocycles. The highest BCUT2D eigenvalue weighted by atomic mass is 32.1. The van der Waals surface area contributed by atoms with Crippen LogP contribution < -0.4 is 4.90 Å². The summed E-state index contributed by atoms with van der Waals surface area (Å²) >= 11 is 1.46. The van der Waals surface area contributed by atoms with Crippen molar-refractivity contribution in [1.82, 2.24) is 19.7 Å². The second-order valence-electron chi connectivity index (χ2n) is 9.26. The van der Waals surface area contributed by atoms with Crippen molar-refractivity contribution in [3.05, 3.63) is 24.0 Å². The van der Waals surface area contributed by atoms with Gasteiger partial charge in [0.2, 0.25) is 5.91 Å². The van der Waals surface area contributed by atoms with Crippen molar-refractivity contribution >= 4 is 33.3 Å². The maximum absolute atomic E-state index is 13.6. The summed E-state index contributed by atoms with van der Waals surface area (Å²) in [6.45, 7) is 2.49. The van der Waals surface area contributed by atoms with E-state index in [2.05, 4.69) is 22.2 Å². The molecule has 3 aliphatic rings. The van der Waals surface area contributed by atoms with Crippen LogP contribution in [0.1, 0.15) is 38.6 Å². The lowest BCUT2D eigenvalue weighted by Crippen LogP contribution is -2.37. The fraction of sp³-hybridized carbons (Fsp3) is 0.478. The zero-order chi connectivity index (χ0) is 22.0. The lowest BCUT2D eigenvalue weighted by molar-refractivity contribution is -0.124. The molecule has 3 aromatic rings. The first-order valence-corrected chi connectivity index (χ1v) is 11.8. The molecular formula is C23H21N7OS. The standard InChI is InChI=1S/C23H21N7OS/c1-13-9-29(22(31)23(13,11-25)16-2-3-16)21-20-19(26-12-32-20)6-18(28-21)15-8-27-30(10-15)17-4-14(5-17)7-24/h6,8,10,12-14,16-17H,2-5,9H2,1H3/t13-,14?,17?,23+/m1/s1. The molecule has 0 aromatic carbocycles. The molecule has 2 atom stereocenters. The molecule has 3 fully saturated rings. The number of carbonyl (C=O) groups excluding carboxylic acids is 1. The van der Waals surface area contributed by atoms with E-state index < -0.39 is 5.41 Å². The largest absolute Gasteiger partial charge is 0.294 e. The average Bonchev–Trinajstić information content (AvgIpc) is 3.20. The summed E-state index contributed by atoms with van der Waals surface area (Å²) in [5, 5.41) is 23.5. The number of thiazole rings is 1. The molecule has 0 radical (unpaired) electrons. The lowest BCUT2D eigenvalue weighted by Gasteiger charge is -2.30. The summed E-state index contributed by atoms with van der Waals surface area (Å²) in [7, 11) is 0. The van der Waals surface area contributed by atoms with E-state index in [4.69, 9.17) is 10.2 Å². The van der Waals surface area contributed by atoms with Gasteiger partial charge in [-0.05, 0) is 37.7 Å². The van der Waals surface area contributed by atoms with Crippen LogP contribution in [-0.4, -0.2) is 32.2 Å². The second kappa shape index (κ2) is 6.85. The van der Waals surface area contributed by atoms with Crippen LogP contribution in [0.2, 0.25) is 0 Å². The molecule has 9 heteroatoms. The Labute approximate surface area is 189 Å². The molecule has 1 saturated heterocycles. The van der Waals surface area contributed by atoms with Gasteiger partial charge in [-0.2, -0.15) is 15.6 Å². The lowest BCUT2D eigenvalue weighted by atomic mass is 9.75. The van der Waals surface area contributed by atoms with Crippen LogP contribution in [-0.2, 0) is 4.79 Å². The fourth-order valence-corrected chi connectivity index (χ4v) is 6.01. The highest BCUT2D eigenvalue weighted by Gasteiger charge is 2.61. The van der Waals surface area contributed by atoms with Gasteiger partial charge in [0.25, 0.3) is 0 Å². The van der Waals surface area contributed by atoms with Crippen molar-refractivity contribution in [2.75, 3.05) is 11.4 Å². The van der Waals surface area contributed by atoms with Gasteiger partial charge in [-0.1, -0.05) is 6.92 Å². The highest BCUT2D eigenvalue weighted by molar-refractivity contribution is 7.17. The Hall–Kier alpha value is -3.30. The molecule has 8 nitrogen and oxygen atoms in total. The van der Waals surface area contributed by atoms with E-state index in [1.54, 1.807) is 16.6 Å². The minimum atomic E-state index is -0.943. The molecule has 0 bridgehead atoms. The molecule has 0 N–H and O–H groups in total. The predicted octanol–water partition coefficient (Wildman–Crippen LogP) is 3.93. The van der Waals surface area contributed by atoms with Gasteiger partial charge in [0.05, 0.1) is 51.7 Å². The summed E-state index contributed by atoms with van der Waals surface area (Å²) in [5.74, 6) is 0.685. The number of nitriles is 2. The number of rotatable bonds is 4. The van der Waals surface area contributed by atoms with Gasteiger partial charge in [-0.3, -0.25) is 14.4 Å². The van der Waals surface area contributed by atoms with Crippen molar-refractivity contribution in [2.24, 2.45) is 23.2 Å². The van der Waals surface area contributed by atoms with Crippen molar-refractivity contribution in [3.8, 4) is 23.4 Å². The molecule has 0 spiro atoms. The van der Waals surface area contributed by atoms with Gasteiger partial charge in [-0.25, -0.2) is 9.97 Å². The summed E-state index contributed by atoms with van der Waals surface area (Å²) < 4.78 is 2.77. The number of fused-ring (bicyclic) bond motifs is 1. The highest BCUT2D eigenvalue weighted by Crippen LogP contribution is 2.55. The Kier molecular flexibility index (Phi) is 4.15. The number of anilines is 1. The third kappa shape index (κ3) is 2.64. The summed E-state index contributed by atoms with van der Waals surface area (Å²) in [6.07, 6.45) is 7.25. The minimum absolute atomic E-state index is 0.0459. The Morgan fingerprint density at radius 3 is 2.81 bits per heavy atom. The van der Waals surface area contributed by atoms with Gasteiger partial charge >= 0.3 is 0 Å². The normalized spacial score (nSPS) is 29.7. The average molecular weight is 444 g/mol. The van der Waals surface area contributed by atoms with E-state index in [0.29, 0.717) is 18.1 Å². The van der Waals surface area contributed by atoms with Crippen LogP contribution in [0.4, 0.5) is 5.82 Å². The van der Waals surface area contributed by atoms with Gasteiger partial charge in [-0.15, -0.1) is 11.3 Å². The maximum atomic E-state index is 13.6. The van der Waals surface area contributed by atoms with Crippen LogP contribution >= 0.6 is 11.3 Å². The predicted molar refractivity (Wildman–Crippen MR) is 118 cm³/mol. The summed E-state index contributed by atoms with van der Waals surface area (Å²) in [4.78, 5) is 24.7. The maximum Gasteiger partial charge on any atom is 0.249 e. The third-order valence-electron chi connectivity index (χ3n) is 7.36. The van der Waals surface area contributed by atoms with E-state index in [9.17, 15) is 10.1 Å². The SMILES string of the molecule is C[C@@H]1CN(c2nc(-c3cnn(C4CC(C#N)C4)c3)cc3ncsc23)C(=O)[C@]1(C#N)C1CC1. The first-order chi connectivity index (χ1) is 15.5. The first-order valence-electron chi connectivity index (χ1n) is 11.0. The summed E-state index contributed by atoms with van der Waals surface area (Å²) in [5.41, 5.74) is 3.18. The fourth-order valence-electron chi connectivity index (χ4n) is 5.24. The zero-order valence-corrected chi connectivity index (χ0v) is 18.4. The zero-order valence-electron chi connectivity index (χ0n) is 17.6. The van der Waals surface area contributed by atoms with Crippen LogP contribution in [0.25, 0.3) is 21.5 Å². The molecule has 3 aromatic heterocycles. The number of carbonyl (C=O) groups is 1. The van der Waals surface area contributed by atoms with Crippen LogP contribution in [0.3, 0.4) is 0 Å². The van der Waals surface area contributed by atoms with Gasteiger partial charge in [0.1, 0.15) is 5.41 Å². The molecule has 4 heterocycles. The molecule has 160 valence electrons. The van der Waals surface area contributed by atoms with Crippen molar-refractivity contribution < 1.29 is 4.79 Å². The summed E-state index contributed by atoms with van der Waals surface area (Å²) in [6, 6.07) is 6.87. The molecular weight excluding hydrogens is 422 g/mol. The van der Waals surface area contributed by atoms with Crippen LogP contribution in [0, 0.1) is 45.8 Å². The quantitative estimate of drug-likeness (QED) is 0.604. The van der Waals surface area contributed by atoms with Crippen molar-refractivity contribution in [3.63, 3.8) is 0 Å². The van der Waals surface area contributed by atoms with E-state index in [1.165, 1.54) is 11.3 Å². The monoisotopic (exact) mass is 443 g/mol. The number of nitrogens with zero attached hydrogens (tertiary/aromatic N) is 7. The van der Waals surface area contributed by atoms with Crippen molar-refractivity contribution in [1.29, 1.82) is 10.5 Å². The van der Waals surface area contributed by atoms with E-state index in [1.807, 2.05) is 23.9 Å². The van der Waals surface area contributed by atoms with Gasteiger partial charge < -0.3 is 0 Å². The molecule has 1 aliphatic heterocycles. The topological polar surface area (TPSA) is 111 Å². The third-order valence-corrected chi connectivity index (χ3v) is 8.20. The number of hydrogen-bond acceptors (Lipinski definition) is 7. The molecule has 0 unspecified atom stereocenters. The van der Waals surface area contributed by atoms with E-state index in [-0.39, 0.29) is 29.7 Å². The van der Waals surface area contributed by atoms with E-state index >= 15 is 0 Å². The Morgan fingerprint density at radius 2 is 2.09 bits per heavy atom. The Morgan fingerprint density at radius 1 is 1.28 bits per heavy atom. The van der Waals surface area contributed by atoms with Crippen LogP contribution in [0.15, 0.2) is 24.0 Å². The number of hydrogen-bond donors (Lipinski definition) is 0. The number of pyridine rings is 1. The van der Waals surface area contributed by atoms with Gasteiger partial charge in [0, 0.05) is 24.2 Å². The smallest absolute Gasteiger partial charge is 0.249 e. The molecule has 1 amide bonds. The Bertz CT molecular complexity index is 1320. The molecule has 6 rings (SSSR count). The van der Waals surface area contributed by atoms with Gasteiger partial charge in [0.15, 0.2) is 5.82 Å². The first kappa shape index (κ1) is 19.4. The second-order valence-corrected chi connectivity index (χ2v) is 10.1. The molecule has 32 heavy (non-hydrogen) atoms. The minimum Gasteiger partial charge on any atom is -0.294 e. The number of aromatic nitrogens is 4. The van der Waals surface area contributed by atoms with E-state index in [0.717, 1.165) is 41.5 Å². The van der Waals surface area contributed by atoms with Crippen LogP contribution in [0.5, 0.6) is 0 Å². The van der Waals surface area contributed by atoms with Crippen molar-refractivity contribution in [2.45, 2.75) is 38.6 Å². The number of amides is 1. The molecule has 2 aliphatic carbocycles. The Balaban J connectivity index is 1.39.